The van der Waals surface area contributed by atoms with E-state index in [1.807, 2.05) is 5.38 Å². The van der Waals surface area contributed by atoms with Crippen LogP contribution in [0.5, 0.6) is 0 Å². The van der Waals surface area contributed by atoms with Crippen LogP contribution < -0.4 is 10.6 Å². The molecule has 2 saturated heterocycles. The Labute approximate surface area is 221 Å². The van der Waals surface area contributed by atoms with E-state index in [-0.39, 0.29) is 23.7 Å². The maximum Gasteiger partial charge on any atom is 0.338 e. The van der Waals surface area contributed by atoms with Gasteiger partial charge in [-0.2, -0.15) is 0 Å². The van der Waals surface area contributed by atoms with Gasteiger partial charge >= 0.3 is 5.97 Å². The number of benzene rings is 1. The molecule has 4 heterocycles. The van der Waals surface area contributed by atoms with Crippen LogP contribution in [0.1, 0.15) is 42.8 Å². The number of likely N-dealkylation sites (tertiary alicyclic amines) is 1. The minimum atomic E-state index is -0.703. The number of esters is 1. The van der Waals surface area contributed by atoms with Crippen LogP contribution in [0, 0.1) is 11.2 Å². The normalized spacial score (nSPS) is 21.8. The van der Waals surface area contributed by atoms with Crippen molar-refractivity contribution >= 4 is 45.0 Å². The van der Waals surface area contributed by atoms with Gasteiger partial charge in [-0.05, 0) is 57.0 Å². The van der Waals surface area contributed by atoms with Crippen molar-refractivity contribution in [1.82, 2.24) is 20.5 Å². The van der Waals surface area contributed by atoms with E-state index in [1.165, 1.54) is 23.5 Å². The molecule has 0 aliphatic carbocycles. The van der Waals surface area contributed by atoms with Gasteiger partial charge in [-0.15, -0.1) is 11.3 Å². The first-order valence-electron chi connectivity index (χ1n) is 12.0. The second-order valence-corrected chi connectivity index (χ2v) is 10.9. The lowest BCUT2D eigenvalue weighted by Crippen LogP contribution is -2.46. The van der Waals surface area contributed by atoms with Gasteiger partial charge in [0.15, 0.2) is 10.8 Å². The minimum absolute atomic E-state index is 0.156. The van der Waals surface area contributed by atoms with Crippen molar-refractivity contribution in [3.05, 3.63) is 61.9 Å². The SMILES string of the molecule is CCOC(=O)C1=C(CN2CCC3(CCNC3=O)CC2)NC(c2nccs2)=NC1c1ccc(F)cc1Br. The van der Waals surface area contributed by atoms with Gasteiger partial charge in [0.05, 0.1) is 17.6 Å². The maximum absolute atomic E-state index is 13.9. The highest BCUT2D eigenvalue weighted by molar-refractivity contribution is 9.10. The second-order valence-electron chi connectivity index (χ2n) is 9.18. The zero-order valence-corrected chi connectivity index (χ0v) is 22.3. The number of piperidine rings is 1. The van der Waals surface area contributed by atoms with Crippen molar-refractivity contribution < 1.29 is 18.7 Å². The number of nitrogens with one attached hydrogen (secondary N) is 2. The molecule has 11 heteroatoms. The fourth-order valence-electron chi connectivity index (χ4n) is 5.12. The van der Waals surface area contributed by atoms with E-state index in [9.17, 15) is 14.0 Å². The molecule has 190 valence electrons. The highest BCUT2D eigenvalue weighted by atomic mass is 79.9. The Kier molecular flexibility index (Phi) is 7.23. The molecule has 1 atom stereocenters. The van der Waals surface area contributed by atoms with E-state index in [1.54, 1.807) is 19.2 Å². The summed E-state index contributed by atoms with van der Waals surface area (Å²) in [6, 6.07) is 3.67. The van der Waals surface area contributed by atoms with Crippen molar-refractivity contribution in [3.63, 3.8) is 0 Å². The number of amides is 1. The summed E-state index contributed by atoms with van der Waals surface area (Å²) >= 11 is 4.90. The number of nitrogens with zero attached hydrogens (tertiary/aromatic N) is 3. The molecule has 5 rings (SSSR count). The third-order valence-electron chi connectivity index (χ3n) is 7.08. The monoisotopic (exact) mass is 575 g/mol. The lowest BCUT2D eigenvalue weighted by Gasteiger charge is -2.38. The Hall–Kier alpha value is -2.63. The fraction of sp³-hybridized carbons (Fsp3) is 0.440. The molecule has 1 unspecified atom stereocenters. The number of hydrogen-bond donors (Lipinski definition) is 2. The molecule has 3 aliphatic rings. The number of rotatable bonds is 6. The molecular weight excluding hydrogens is 549 g/mol. The lowest BCUT2D eigenvalue weighted by atomic mass is 9.77. The van der Waals surface area contributed by atoms with E-state index >= 15 is 0 Å². The molecule has 2 aromatic rings. The van der Waals surface area contributed by atoms with Gasteiger partial charge in [-0.3, -0.25) is 14.7 Å². The molecule has 2 N–H and O–H groups in total. The van der Waals surface area contributed by atoms with Crippen LogP contribution in [0.15, 0.2) is 50.5 Å². The minimum Gasteiger partial charge on any atom is -0.463 e. The first-order valence-corrected chi connectivity index (χ1v) is 13.7. The van der Waals surface area contributed by atoms with Crippen molar-refractivity contribution in [3.8, 4) is 0 Å². The number of amidine groups is 1. The molecule has 3 aliphatic heterocycles. The topological polar surface area (TPSA) is 95.9 Å². The molecule has 0 saturated carbocycles. The standard InChI is InChI=1S/C25H27BrFN5O3S/c1-2-35-23(33)19-18(14-32-10-6-25(7-11-32)5-8-29-24(25)34)30-21(22-28-9-12-36-22)31-20(19)16-4-3-15(27)13-17(16)26/h3-4,9,12-13,20H,2,5-8,10-11,14H2,1H3,(H,29,34)(H,30,31). The smallest absolute Gasteiger partial charge is 0.338 e. The molecule has 0 radical (unpaired) electrons. The Morgan fingerprint density at radius 2 is 2.14 bits per heavy atom. The first-order chi connectivity index (χ1) is 17.4. The average molecular weight is 576 g/mol. The molecule has 8 nitrogen and oxygen atoms in total. The quantitative estimate of drug-likeness (QED) is 0.511. The maximum atomic E-state index is 13.9. The summed E-state index contributed by atoms with van der Waals surface area (Å²) < 4.78 is 19.9. The van der Waals surface area contributed by atoms with Gasteiger partial charge in [0.2, 0.25) is 5.91 Å². The number of aliphatic imine (C=N–C) groups is 1. The van der Waals surface area contributed by atoms with Crippen LogP contribution in [-0.4, -0.2) is 60.4 Å². The van der Waals surface area contributed by atoms with E-state index in [2.05, 4.69) is 36.4 Å². The van der Waals surface area contributed by atoms with E-state index < -0.39 is 12.0 Å². The molecule has 0 bridgehead atoms. The Morgan fingerprint density at radius 1 is 1.33 bits per heavy atom. The summed E-state index contributed by atoms with van der Waals surface area (Å²) in [5, 5.41) is 8.89. The molecule has 2 fully saturated rings. The Bertz CT molecular complexity index is 1220. The number of thiazole rings is 1. The number of aromatic nitrogens is 1. The van der Waals surface area contributed by atoms with E-state index in [0.717, 1.165) is 38.9 Å². The predicted molar refractivity (Wildman–Crippen MR) is 138 cm³/mol. The molecule has 1 aromatic heterocycles. The van der Waals surface area contributed by atoms with Gasteiger partial charge in [0.1, 0.15) is 11.9 Å². The van der Waals surface area contributed by atoms with Crippen LogP contribution in [-0.2, 0) is 14.3 Å². The summed E-state index contributed by atoms with van der Waals surface area (Å²) in [6.07, 6.45) is 4.13. The van der Waals surface area contributed by atoms with Crippen LogP contribution in [0.4, 0.5) is 4.39 Å². The van der Waals surface area contributed by atoms with Gasteiger partial charge in [-0.25, -0.2) is 14.2 Å². The third-order valence-corrected chi connectivity index (χ3v) is 8.55. The van der Waals surface area contributed by atoms with Crippen LogP contribution >= 0.6 is 27.3 Å². The number of halogens is 2. The van der Waals surface area contributed by atoms with E-state index in [0.29, 0.717) is 38.7 Å². The summed E-state index contributed by atoms with van der Waals surface area (Å²) in [5.41, 5.74) is 1.46. The highest BCUT2D eigenvalue weighted by Gasteiger charge is 2.44. The first kappa shape index (κ1) is 25.0. The lowest BCUT2D eigenvalue weighted by molar-refractivity contribution is -0.139. The molecule has 1 aromatic carbocycles. The summed E-state index contributed by atoms with van der Waals surface area (Å²) in [7, 11) is 0. The van der Waals surface area contributed by atoms with Gasteiger partial charge < -0.3 is 15.4 Å². The van der Waals surface area contributed by atoms with Crippen molar-refractivity contribution in [1.29, 1.82) is 0 Å². The van der Waals surface area contributed by atoms with Crippen LogP contribution in [0.3, 0.4) is 0 Å². The average Bonchev–Trinajstić information content (AvgIpc) is 3.51. The van der Waals surface area contributed by atoms with Crippen LogP contribution in [0.2, 0.25) is 0 Å². The zero-order chi connectivity index (χ0) is 25.3. The second kappa shape index (κ2) is 10.4. The largest absolute Gasteiger partial charge is 0.463 e. The van der Waals surface area contributed by atoms with Crippen LogP contribution in [0.25, 0.3) is 0 Å². The number of carbonyl (C=O) groups is 2. The fourth-order valence-corrected chi connectivity index (χ4v) is 6.28. The van der Waals surface area contributed by atoms with Gasteiger partial charge in [0.25, 0.3) is 0 Å². The summed E-state index contributed by atoms with van der Waals surface area (Å²) in [6.45, 7) is 4.66. The zero-order valence-electron chi connectivity index (χ0n) is 19.9. The van der Waals surface area contributed by atoms with Gasteiger partial charge in [-0.1, -0.05) is 22.0 Å². The molecule has 1 amide bonds. The Balaban J connectivity index is 1.51. The third kappa shape index (κ3) is 4.83. The molecular formula is C25H27BrFN5O3S. The van der Waals surface area contributed by atoms with Crippen molar-refractivity contribution in [2.75, 3.05) is 32.8 Å². The highest BCUT2D eigenvalue weighted by Crippen LogP contribution is 2.40. The van der Waals surface area contributed by atoms with Gasteiger partial charge in [0, 0.05) is 34.8 Å². The summed E-state index contributed by atoms with van der Waals surface area (Å²) in [4.78, 5) is 37.2. The number of carbonyl (C=O) groups excluding carboxylic acids is 2. The van der Waals surface area contributed by atoms with E-state index in [4.69, 9.17) is 9.73 Å². The number of ether oxygens (including phenoxy) is 1. The molecule has 1 spiro atoms. The van der Waals surface area contributed by atoms with Crippen molar-refractivity contribution in [2.24, 2.45) is 10.4 Å². The predicted octanol–water partition coefficient (Wildman–Crippen LogP) is 3.56. The summed E-state index contributed by atoms with van der Waals surface area (Å²) in [5.74, 6) is -0.141. The number of hydrogen-bond acceptors (Lipinski definition) is 8. The van der Waals surface area contributed by atoms with Crippen molar-refractivity contribution in [2.45, 2.75) is 32.2 Å². The molecule has 36 heavy (non-hydrogen) atoms. The Morgan fingerprint density at radius 3 is 2.78 bits per heavy atom.